The van der Waals surface area contributed by atoms with Crippen LogP contribution in [-0.2, 0) is 0 Å². The average molecular weight is 269 g/mol. The minimum absolute atomic E-state index is 0.0333. The van der Waals surface area contributed by atoms with Crippen LogP contribution in [0, 0.1) is 11.3 Å². The Labute approximate surface area is 112 Å². The fourth-order valence-corrected chi connectivity index (χ4v) is 1.35. The molecule has 0 aliphatic rings. The van der Waals surface area contributed by atoms with E-state index >= 15 is 0 Å². The van der Waals surface area contributed by atoms with Gasteiger partial charge in [-0.3, -0.25) is 4.79 Å². The predicted octanol–water partition coefficient (Wildman–Crippen LogP) is 0.694. The second-order valence-electron chi connectivity index (χ2n) is 3.56. The second-order valence-corrected chi connectivity index (χ2v) is 3.56. The summed E-state index contributed by atoms with van der Waals surface area (Å²) in [4.78, 5) is 33.9. The van der Waals surface area contributed by atoms with E-state index in [1.54, 1.807) is 0 Å². The van der Waals surface area contributed by atoms with E-state index in [1.807, 2.05) is 6.07 Å². The largest absolute Gasteiger partial charge is 0.476 e. The molecule has 0 saturated heterocycles. The van der Waals surface area contributed by atoms with Crippen LogP contribution in [-0.4, -0.2) is 31.9 Å². The number of hydrogen-bond donors (Lipinski definition) is 2. The second kappa shape index (κ2) is 5.53. The van der Waals surface area contributed by atoms with Crippen molar-refractivity contribution in [3.05, 3.63) is 47.7 Å². The van der Waals surface area contributed by atoms with Crippen LogP contribution in [0.5, 0.6) is 0 Å². The first-order valence-corrected chi connectivity index (χ1v) is 5.33. The fourth-order valence-electron chi connectivity index (χ4n) is 1.35. The molecule has 98 valence electrons. The number of carboxylic acids is 1. The number of carboxylic acid groups (broad SMARTS) is 1. The Hall–Kier alpha value is -3.34. The van der Waals surface area contributed by atoms with Crippen molar-refractivity contribution >= 4 is 17.7 Å². The number of carbonyl (C=O) groups is 2. The van der Waals surface area contributed by atoms with Crippen molar-refractivity contribution in [2.24, 2.45) is 0 Å². The summed E-state index contributed by atoms with van der Waals surface area (Å²) in [5.41, 5.74) is -0.0206. The molecule has 2 aromatic rings. The van der Waals surface area contributed by atoms with Crippen LogP contribution in [0.15, 0.2) is 30.7 Å². The van der Waals surface area contributed by atoms with Gasteiger partial charge in [0.1, 0.15) is 11.8 Å². The molecule has 0 fully saturated rings. The highest BCUT2D eigenvalue weighted by molar-refractivity contribution is 6.05. The Morgan fingerprint density at radius 3 is 2.55 bits per heavy atom. The predicted molar refractivity (Wildman–Crippen MR) is 65.9 cm³/mol. The van der Waals surface area contributed by atoms with Gasteiger partial charge in [-0.05, 0) is 12.1 Å². The van der Waals surface area contributed by atoms with Crippen molar-refractivity contribution in [2.45, 2.75) is 0 Å². The molecule has 0 atom stereocenters. The van der Waals surface area contributed by atoms with Crippen LogP contribution in [0.1, 0.15) is 26.5 Å². The van der Waals surface area contributed by atoms with Crippen molar-refractivity contribution in [1.29, 1.82) is 5.26 Å². The van der Waals surface area contributed by atoms with Gasteiger partial charge < -0.3 is 10.4 Å². The van der Waals surface area contributed by atoms with Crippen molar-refractivity contribution in [2.75, 3.05) is 5.32 Å². The summed E-state index contributed by atoms with van der Waals surface area (Å²) < 4.78 is 0. The summed E-state index contributed by atoms with van der Waals surface area (Å²) in [5, 5.41) is 19.8. The van der Waals surface area contributed by atoms with E-state index in [1.165, 1.54) is 30.7 Å². The third-order valence-electron chi connectivity index (χ3n) is 2.26. The zero-order chi connectivity index (χ0) is 14.5. The van der Waals surface area contributed by atoms with Crippen LogP contribution < -0.4 is 5.32 Å². The molecule has 8 nitrogen and oxygen atoms in total. The summed E-state index contributed by atoms with van der Waals surface area (Å²) in [6, 6.07) is 4.65. The smallest absolute Gasteiger partial charge is 0.358 e. The number of aromatic nitrogens is 3. The normalized spacial score (nSPS) is 9.55. The molecule has 0 aliphatic heterocycles. The molecule has 0 saturated carbocycles. The molecule has 2 heterocycles. The Morgan fingerprint density at radius 2 is 1.95 bits per heavy atom. The Morgan fingerprint density at radius 1 is 1.20 bits per heavy atom. The summed E-state index contributed by atoms with van der Waals surface area (Å²) in [7, 11) is 0. The van der Waals surface area contributed by atoms with Gasteiger partial charge in [0.15, 0.2) is 11.5 Å². The monoisotopic (exact) mass is 269 g/mol. The maximum atomic E-state index is 11.9. The lowest BCUT2D eigenvalue weighted by Gasteiger charge is -2.05. The SMILES string of the molecule is N#Cc1ccc(C(=O)Nc2nccnc2C(=O)O)nc1. The van der Waals surface area contributed by atoms with E-state index in [0.29, 0.717) is 5.56 Å². The highest BCUT2D eigenvalue weighted by atomic mass is 16.4. The standard InChI is InChI=1S/C12H7N5O3/c13-5-7-1-2-8(16-6-7)11(18)17-10-9(12(19)20)14-3-4-15-10/h1-4,6H,(H,19,20)(H,15,17,18). The number of aromatic carboxylic acids is 1. The Kier molecular flexibility index (Phi) is 3.63. The lowest BCUT2D eigenvalue weighted by molar-refractivity contribution is 0.0691. The molecule has 0 spiro atoms. The maximum absolute atomic E-state index is 11.9. The lowest BCUT2D eigenvalue weighted by atomic mass is 10.2. The summed E-state index contributed by atoms with van der Waals surface area (Å²) in [5.74, 6) is -2.12. The van der Waals surface area contributed by atoms with E-state index in [4.69, 9.17) is 10.4 Å². The molecule has 0 radical (unpaired) electrons. The fraction of sp³-hybridized carbons (Fsp3) is 0. The molecule has 20 heavy (non-hydrogen) atoms. The number of pyridine rings is 1. The van der Waals surface area contributed by atoms with Gasteiger partial charge in [0.05, 0.1) is 5.56 Å². The number of hydrogen-bond acceptors (Lipinski definition) is 6. The van der Waals surface area contributed by atoms with E-state index in [0.717, 1.165) is 0 Å². The molecule has 2 aromatic heterocycles. The average Bonchev–Trinajstić information content (AvgIpc) is 2.47. The number of nitriles is 1. The molecule has 8 heteroatoms. The quantitative estimate of drug-likeness (QED) is 0.838. The van der Waals surface area contributed by atoms with Crippen LogP contribution in [0.25, 0.3) is 0 Å². The van der Waals surface area contributed by atoms with Gasteiger partial charge in [-0.25, -0.2) is 19.7 Å². The van der Waals surface area contributed by atoms with Crippen molar-refractivity contribution in [3.63, 3.8) is 0 Å². The van der Waals surface area contributed by atoms with Gasteiger partial charge in [0, 0.05) is 18.6 Å². The lowest BCUT2D eigenvalue weighted by Crippen LogP contribution is -2.18. The van der Waals surface area contributed by atoms with E-state index in [-0.39, 0.29) is 17.2 Å². The van der Waals surface area contributed by atoms with Gasteiger partial charge in [-0.1, -0.05) is 0 Å². The number of carbonyl (C=O) groups excluding carboxylic acids is 1. The number of nitrogens with zero attached hydrogens (tertiary/aromatic N) is 4. The molecular weight excluding hydrogens is 262 g/mol. The molecule has 0 unspecified atom stereocenters. The first-order valence-electron chi connectivity index (χ1n) is 5.33. The van der Waals surface area contributed by atoms with Gasteiger partial charge in [-0.15, -0.1) is 0 Å². The molecular formula is C12H7N5O3. The molecule has 2 rings (SSSR count). The van der Waals surface area contributed by atoms with Gasteiger partial charge in [0.2, 0.25) is 0 Å². The van der Waals surface area contributed by atoms with Crippen molar-refractivity contribution in [1.82, 2.24) is 15.0 Å². The van der Waals surface area contributed by atoms with Gasteiger partial charge in [0.25, 0.3) is 5.91 Å². The summed E-state index contributed by atoms with van der Waals surface area (Å²) in [6.07, 6.45) is 3.71. The van der Waals surface area contributed by atoms with Crippen LogP contribution in [0.4, 0.5) is 5.82 Å². The van der Waals surface area contributed by atoms with Gasteiger partial charge in [-0.2, -0.15) is 5.26 Å². The summed E-state index contributed by atoms with van der Waals surface area (Å²) in [6.45, 7) is 0. The van der Waals surface area contributed by atoms with Crippen LogP contribution >= 0.6 is 0 Å². The number of nitrogens with one attached hydrogen (secondary N) is 1. The first kappa shape index (κ1) is 13.1. The maximum Gasteiger partial charge on any atom is 0.358 e. The Bertz CT molecular complexity index is 706. The topological polar surface area (TPSA) is 129 Å². The zero-order valence-electron chi connectivity index (χ0n) is 9.94. The van der Waals surface area contributed by atoms with E-state index in [2.05, 4.69) is 20.3 Å². The third kappa shape index (κ3) is 2.73. The van der Waals surface area contributed by atoms with Gasteiger partial charge >= 0.3 is 5.97 Å². The first-order chi connectivity index (χ1) is 9.61. The third-order valence-corrected chi connectivity index (χ3v) is 2.26. The molecule has 1 amide bonds. The minimum atomic E-state index is -1.30. The van der Waals surface area contributed by atoms with E-state index < -0.39 is 11.9 Å². The highest BCUT2D eigenvalue weighted by Crippen LogP contribution is 2.10. The molecule has 0 aliphatic carbocycles. The molecule has 2 N–H and O–H groups in total. The number of anilines is 1. The minimum Gasteiger partial charge on any atom is -0.476 e. The van der Waals surface area contributed by atoms with E-state index in [9.17, 15) is 9.59 Å². The van der Waals surface area contributed by atoms with Crippen LogP contribution in [0.2, 0.25) is 0 Å². The van der Waals surface area contributed by atoms with Crippen LogP contribution in [0.3, 0.4) is 0 Å². The van der Waals surface area contributed by atoms with Crippen molar-refractivity contribution < 1.29 is 14.7 Å². The number of rotatable bonds is 3. The molecule has 0 bridgehead atoms. The zero-order valence-corrected chi connectivity index (χ0v) is 9.94. The summed E-state index contributed by atoms with van der Waals surface area (Å²) >= 11 is 0. The number of amides is 1. The Balaban J connectivity index is 2.23. The molecule has 0 aromatic carbocycles. The van der Waals surface area contributed by atoms with Crippen molar-refractivity contribution in [3.8, 4) is 6.07 Å². The highest BCUT2D eigenvalue weighted by Gasteiger charge is 2.16.